The van der Waals surface area contributed by atoms with Crippen LogP contribution in [0, 0.1) is 0 Å². The van der Waals surface area contributed by atoms with Gasteiger partial charge in [-0.3, -0.25) is 10.1 Å². The molecule has 2 atom stereocenters. The Morgan fingerprint density at radius 3 is 2.67 bits per heavy atom. The number of ether oxygens (including phenoxy) is 1. The van der Waals surface area contributed by atoms with E-state index in [1.165, 1.54) is 7.11 Å². The predicted octanol–water partition coefficient (Wildman–Crippen LogP) is 1.41. The van der Waals surface area contributed by atoms with Gasteiger partial charge < -0.3 is 9.84 Å². The molecule has 1 aromatic carbocycles. The summed E-state index contributed by atoms with van der Waals surface area (Å²) in [5.41, 5.74) is -0.423. The quantitative estimate of drug-likeness (QED) is 0.795. The highest BCUT2D eigenvalue weighted by atomic mass is 16.5. The number of hydrogen-bond donors (Lipinski definition) is 2. The average Bonchev–Trinajstić information content (AvgIpc) is 2.40. The number of aliphatic hydroxyl groups is 1. The summed E-state index contributed by atoms with van der Waals surface area (Å²) in [6, 6.07) is 9.29. The van der Waals surface area contributed by atoms with Crippen LogP contribution in [0.5, 0.6) is 0 Å². The highest BCUT2D eigenvalue weighted by molar-refractivity contribution is 5.79. The summed E-state index contributed by atoms with van der Waals surface area (Å²) < 4.78 is 4.85. The minimum Gasteiger partial charge on any atom is -0.468 e. The molecule has 0 aromatic heterocycles. The van der Waals surface area contributed by atoms with Gasteiger partial charge in [-0.1, -0.05) is 30.3 Å². The van der Waals surface area contributed by atoms with Gasteiger partial charge in [0.15, 0.2) is 0 Å². The standard InChI is InChI=1S/C14H19NO3/c1-18-13(16)12(11-7-3-2-4-8-11)14(17)9-5-6-10-15-14/h2-4,7-8,12,15,17H,5-6,9-10H2,1H3/t12-,14-/m1/s1. The number of carbonyl (C=O) groups excluding carboxylic acids is 1. The summed E-state index contributed by atoms with van der Waals surface area (Å²) in [4.78, 5) is 12.0. The maximum atomic E-state index is 12.0. The van der Waals surface area contributed by atoms with Gasteiger partial charge in [0.2, 0.25) is 0 Å². The lowest BCUT2D eigenvalue weighted by molar-refractivity contribution is -0.153. The largest absolute Gasteiger partial charge is 0.468 e. The smallest absolute Gasteiger partial charge is 0.317 e. The van der Waals surface area contributed by atoms with Crippen LogP contribution in [0.3, 0.4) is 0 Å². The van der Waals surface area contributed by atoms with Crippen LogP contribution in [-0.2, 0) is 9.53 Å². The minimum absolute atomic E-state index is 0.405. The number of hydrogen-bond acceptors (Lipinski definition) is 4. The van der Waals surface area contributed by atoms with E-state index in [4.69, 9.17) is 4.74 Å². The Balaban J connectivity index is 2.33. The zero-order valence-electron chi connectivity index (χ0n) is 10.6. The van der Waals surface area contributed by atoms with Crippen molar-refractivity contribution in [3.05, 3.63) is 35.9 Å². The van der Waals surface area contributed by atoms with E-state index < -0.39 is 17.6 Å². The molecule has 18 heavy (non-hydrogen) atoms. The molecule has 2 N–H and O–H groups in total. The molecular weight excluding hydrogens is 230 g/mol. The van der Waals surface area contributed by atoms with E-state index in [1.54, 1.807) is 0 Å². The summed E-state index contributed by atoms with van der Waals surface area (Å²) in [5.74, 6) is -1.08. The zero-order valence-corrected chi connectivity index (χ0v) is 10.6. The molecule has 0 unspecified atom stereocenters. The number of methoxy groups -OCH3 is 1. The lowest BCUT2D eigenvalue weighted by Crippen LogP contribution is -2.55. The Kier molecular flexibility index (Phi) is 3.99. The lowest BCUT2D eigenvalue weighted by Gasteiger charge is -2.38. The van der Waals surface area contributed by atoms with Crippen molar-refractivity contribution in [1.29, 1.82) is 0 Å². The molecule has 0 radical (unpaired) electrons. The second-order valence-corrected chi connectivity index (χ2v) is 4.67. The van der Waals surface area contributed by atoms with Crippen molar-refractivity contribution >= 4 is 5.97 Å². The number of piperidine rings is 1. The third-order valence-corrected chi connectivity index (χ3v) is 3.46. The van der Waals surface area contributed by atoms with Crippen molar-refractivity contribution < 1.29 is 14.6 Å². The number of carbonyl (C=O) groups is 1. The molecule has 1 saturated heterocycles. The van der Waals surface area contributed by atoms with Crippen molar-refractivity contribution in [2.45, 2.75) is 30.9 Å². The fourth-order valence-electron chi connectivity index (χ4n) is 2.53. The van der Waals surface area contributed by atoms with Crippen molar-refractivity contribution in [3.8, 4) is 0 Å². The zero-order chi connectivity index (χ0) is 13.0. The summed E-state index contributed by atoms with van der Waals surface area (Å²) in [5, 5.41) is 13.7. The molecule has 4 nitrogen and oxygen atoms in total. The molecule has 0 aliphatic carbocycles. The van der Waals surface area contributed by atoms with Crippen LogP contribution in [0.15, 0.2) is 30.3 Å². The van der Waals surface area contributed by atoms with Crippen molar-refractivity contribution in [3.63, 3.8) is 0 Å². The first kappa shape index (κ1) is 13.1. The van der Waals surface area contributed by atoms with Gasteiger partial charge in [-0.25, -0.2) is 0 Å². The summed E-state index contributed by atoms with van der Waals surface area (Å²) in [6.07, 6.45) is 2.48. The Bertz CT molecular complexity index is 399. The van der Waals surface area contributed by atoms with E-state index in [-0.39, 0.29) is 0 Å². The molecule has 1 aliphatic rings. The monoisotopic (exact) mass is 249 g/mol. The van der Waals surface area contributed by atoms with E-state index in [9.17, 15) is 9.90 Å². The topological polar surface area (TPSA) is 58.6 Å². The third-order valence-electron chi connectivity index (χ3n) is 3.46. The van der Waals surface area contributed by atoms with Crippen LogP contribution in [0.25, 0.3) is 0 Å². The van der Waals surface area contributed by atoms with Crippen molar-refractivity contribution in [2.75, 3.05) is 13.7 Å². The van der Waals surface area contributed by atoms with Crippen LogP contribution in [-0.4, -0.2) is 30.5 Å². The van der Waals surface area contributed by atoms with Gasteiger partial charge in [-0.2, -0.15) is 0 Å². The number of nitrogens with one attached hydrogen (secondary N) is 1. The molecular formula is C14H19NO3. The molecule has 4 heteroatoms. The molecule has 98 valence electrons. The predicted molar refractivity (Wildman–Crippen MR) is 68.0 cm³/mol. The summed E-state index contributed by atoms with van der Waals surface area (Å²) in [6.45, 7) is 0.719. The normalized spacial score (nSPS) is 25.4. The number of esters is 1. The molecule has 0 saturated carbocycles. The van der Waals surface area contributed by atoms with Crippen molar-refractivity contribution in [2.24, 2.45) is 0 Å². The van der Waals surface area contributed by atoms with Gasteiger partial charge in [0.05, 0.1) is 7.11 Å². The summed E-state index contributed by atoms with van der Waals surface area (Å²) in [7, 11) is 1.35. The van der Waals surface area contributed by atoms with E-state index in [2.05, 4.69) is 5.32 Å². The molecule has 0 spiro atoms. The minimum atomic E-state index is -1.20. The van der Waals surface area contributed by atoms with E-state index in [0.29, 0.717) is 6.42 Å². The first-order valence-electron chi connectivity index (χ1n) is 6.27. The Morgan fingerprint density at radius 2 is 2.11 bits per heavy atom. The van der Waals surface area contributed by atoms with Gasteiger partial charge in [-0.05, 0) is 31.4 Å². The third kappa shape index (κ3) is 2.54. The maximum Gasteiger partial charge on any atom is 0.317 e. The Morgan fingerprint density at radius 1 is 1.39 bits per heavy atom. The van der Waals surface area contributed by atoms with Gasteiger partial charge in [-0.15, -0.1) is 0 Å². The number of benzene rings is 1. The second-order valence-electron chi connectivity index (χ2n) is 4.67. The first-order chi connectivity index (χ1) is 8.67. The second kappa shape index (κ2) is 5.50. The molecule has 2 rings (SSSR count). The van der Waals surface area contributed by atoms with Crippen LogP contribution in [0.1, 0.15) is 30.7 Å². The van der Waals surface area contributed by atoms with E-state index >= 15 is 0 Å². The molecule has 1 aliphatic heterocycles. The van der Waals surface area contributed by atoms with Crippen LogP contribution in [0.4, 0.5) is 0 Å². The van der Waals surface area contributed by atoms with Gasteiger partial charge in [0.25, 0.3) is 0 Å². The SMILES string of the molecule is COC(=O)[C@@H](c1ccccc1)[C@]1(O)CCCCN1. The van der Waals surface area contributed by atoms with E-state index in [1.807, 2.05) is 30.3 Å². The van der Waals surface area contributed by atoms with Gasteiger partial charge >= 0.3 is 5.97 Å². The van der Waals surface area contributed by atoms with Crippen LogP contribution < -0.4 is 5.32 Å². The molecule has 1 fully saturated rings. The molecule has 0 amide bonds. The fourth-order valence-corrected chi connectivity index (χ4v) is 2.53. The number of rotatable bonds is 3. The molecule has 0 bridgehead atoms. The van der Waals surface area contributed by atoms with Gasteiger partial charge in [0, 0.05) is 0 Å². The molecule has 1 aromatic rings. The lowest BCUT2D eigenvalue weighted by atomic mass is 9.83. The van der Waals surface area contributed by atoms with Crippen LogP contribution >= 0.6 is 0 Å². The fraction of sp³-hybridized carbons (Fsp3) is 0.500. The summed E-state index contributed by atoms with van der Waals surface area (Å²) >= 11 is 0. The van der Waals surface area contributed by atoms with Crippen LogP contribution in [0.2, 0.25) is 0 Å². The highest BCUT2D eigenvalue weighted by Gasteiger charge is 2.43. The Hall–Kier alpha value is -1.39. The Labute approximate surface area is 107 Å². The highest BCUT2D eigenvalue weighted by Crippen LogP contribution is 2.33. The average molecular weight is 249 g/mol. The van der Waals surface area contributed by atoms with Gasteiger partial charge in [0.1, 0.15) is 11.6 Å². The van der Waals surface area contributed by atoms with Crippen molar-refractivity contribution in [1.82, 2.24) is 5.32 Å². The first-order valence-corrected chi connectivity index (χ1v) is 6.27. The molecule has 1 heterocycles. The maximum absolute atomic E-state index is 12.0. The van der Waals surface area contributed by atoms with E-state index in [0.717, 1.165) is 24.9 Å².